The minimum absolute atomic E-state index is 0.0866. The number of carbonyl (C=O) groups excluding carboxylic acids is 3. The zero-order chi connectivity index (χ0) is 28.4. The van der Waals surface area contributed by atoms with E-state index in [1.54, 1.807) is 84.9 Å². The monoisotopic (exact) mass is 550 g/mol. The third kappa shape index (κ3) is 7.47. The van der Waals surface area contributed by atoms with Gasteiger partial charge < -0.3 is 18.9 Å². The lowest BCUT2D eigenvalue weighted by atomic mass is 9.89. The molecule has 0 spiro atoms. The van der Waals surface area contributed by atoms with E-state index in [-0.39, 0.29) is 19.4 Å². The van der Waals surface area contributed by atoms with Crippen LogP contribution in [0.3, 0.4) is 0 Å². The van der Waals surface area contributed by atoms with Crippen LogP contribution in [0.1, 0.15) is 49.5 Å². The molecule has 7 heteroatoms. The third-order valence-corrected chi connectivity index (χ3v) is 6.87. The SMILES string of the molecule is O=C(O[C@H]1C[C@@H](OC(=O)c2ccccc2)[C@H](OC(=O)c2ccccc2)C[C@H]1OCc1ccccc1)c1ccccc1. The van der Waals surface area contributed by atoms with Gasteiger partial charge in [-0.2, -0.15) is 0 Å². The zero-order valence-electron chi connectivity index (χ0n) is 22.3. The van der Waals surface area contributed by atoms with Gasteiger partial charge in [-0.1, -0.05) is 84.9 Å². The second-order valence-electron chi connectivity index (χ2n) is 9.74. The van der Waals surface area contributed by atoms with Crippen molar-refractivity contribution in [3.63, 3.8) is 0 Å². The average molecular weight is 551 g/mol. The molecular weight excluding hydrogens is 520 g/mol. The fourth-order valence-corrected chi connectivity index (χ4v) is 4.73. The van der Waals surface area contributed by atoms with Crippen molar-refractivity contribution in [2.24, 2.45) is 0 Å². The van der Waals surface area contributed by atoms with Crippen LogP contribution < -0.4 is 0 Å². The molecule has 0 aromatic heterocycles. The van der Waals surface area contributed by atoms with E-state index in [4.69, 9.17) is 18.9 Å². The first-order valence-electron chi connectivity index (χ1n) is 13.5. The Morgan fingerprint density at radius 2 is 0.780 bits per heavy atom. The molecule has 0 radical (unpaired) electrons. The standard InChI is InChI=1S/C34H30O7/c35-32(25-15-7-2-8-16-25)39-29-22-31(41-34(37)27-19-11-4-12-20-27)30(40-33(36)26-17-9-3-10-18-26)21-28(29)38-23-24-13-5-1-6-14-24/h1-20,28-31H,21-23H2/t28-,29+,30-,31-/m1/s1. The summed E-state index contributed by atoms with van der Waals surface area (Å²) in [6.07, 6.45) is -2.84. The van der Waals surface area contributed by atoms with Crippen molar-refractivity contribution in [2.75, 3.05) is 0 Å². The van der Waals surface area contributed by atoms with Gasteiger partial charge in [-0.05, 0) is 42.0 Å². The van der Waals surface area contributed by atoms with Crippen LogP contribution in [0.25, 0.3) is 0 Å². The molecular formula is C34H30O7. The van der Waals surface area contributed by atoms with Crippen LogP contribution >= 0.6 is 0 Å². The summed E-state index contributed by atoms with van der Waals surface area (Å²) in [6, 6.07) is 35.5. The zero-order valence-corrected chi connectivity index (χ0v) is 22.3. The minimum Gasteiger partial charge on any atom is -0.456 e. The van der Waals surface area contributed by atoms with E-state index in [9.17, 15) is 14.4 Å². The Balaban J connectivity index is 1.40. The van der Waals surface area contributed by atoms with Crippen LogP contribution in [0.2, 0.25) is 0 Å². The van der Waals surface area contributed by atoms with Gasteiger partial charge in [0.25, 0.3) is 0 Å². The van der Waals surface area contributed by atoms with Crippen molar-refractivity contribution >= 4 is 17.9 Å². The van der Waals surface area contributed by atoms with E-state index in [0.29, 0.717) is 16.7 Å². The highest BCUT2D eigenvalue weighted by Gasteiger charge is 2.44. The largest absolute Gasteiger partial charge is 0.456 e. The van der Waals surface area contributed by atoms with E-state index in [1.807, 2.05) is 36.4 Å². The quantitative estimate of drug-likeness (QED) is 0.185. The van der Waals surface area contributed by atoms with Gasteiger partial charge >= 0.3 is 17.9 Å². The number of esters is 3. The molecule has 0 unspecified atom stereocenters. The van der Waals surface area contributed by atoms with Crippen LogP contribution in [-0.4, -0.2) is 42.3 Å². The summed E-state index contributed by atoms with van der Waals surface area (Å²) in [5, 5.41) is 0. The summed E-state index contributed by atoms with van der Waals surface area (Å²) in [5.41, 5.74) is 2.07. The van der Waals surface area contributed by atoms with Crippen molar-refractivity contribution in [3.8, 4) is 0 Å². The Labute approximate surface area is 238 Å². The number of hydrogen-bond acceptors (Lipinski definition) is 7. The van der Waals surface area contributed by atoms with Crippen LogP contribution in [0, 0.1) is 0 Å². The highest BCUT2D eigenvalue weighted by molar-refractivity contribution is 5.91. The fraction of sp³-hybridized carbons (Fsp3) is 0.206. The number of carbonyl (C=O) groups is 3. The lowest BCUT2D eigenvalue weighted by molar-refractivity contribution is -0.141. The summed E-state index contributed by atoms with van der Waals surface area (Å²) in [7, 11) is 0. The Hall–Kier alpha value is -4.75. The first-order valence-corrected chi connectivity index (χ1v) is 13.5. The molecule has 0 heterocycles. The number of ether oxygens (including phenoxy) is 4. The third-order valence-electron chi connectivity index (χ3n) is 6.87. The van der Waals surface area contributed by atoms with Crippen LogP contribution in [0.15, 0.2) is 121 Å². The summed E-state index contributed by atoms with van der Waals surface area (Å²) in [6.45, 7) is 0.263. The van der Waals surface area contributed by atoms with Gasteiger partial charge in [-0.25, -0.2) is 14.4 Å². The van der Waals surface area contributed by atoms with Gasteiger partial charge in [0.05, 0.1) is 29.4 Å². The molecule has 208 valence electrons. The lowest BCUT2D eigenvalue weighted by Crippen LogP contribution is -2.51. The minimum atomic E-state index is -0.875. The summed E-state index contributed by atoms with van der Waals surface area (Å²) in [4.78, 5) is 39.2. The maximum atomic E-state index is 13.1. The molecule has 1 aliphatic rings. The number of benzene rings is 4. The van der Waals surface area contributed by atoms with Gasteiger partial charge in [0.15, 0.2) is 0 Å². The summed E-state index contributed by atoms with van der Waals surface area (Å²) in [5.74, 6) is -1.62. The predicted molar refractivity (Wildman–Crippen MR) is 151 cm³/mol. The highest BCUT2D eigenvalue weighted by Crippen LogP contribution is 2.31. The van der Waals surface area contributed by atoms with E-state index in [2.05, 4.69) is 0 Å². The molecule has 0 N–H and O–H groups in total. The van der Waals surface area contributed by atoms with Crippen molar-refractivity contribution in [3.05, 3.63) is 144 Å². The van der Waals surface area contributed by atoms with Crippen molar-refractivity contribution in [2.45, 2.75) is 43.9 Å². The fourth-order valence-electron chi connectivity index (χ4n) is 4.73. The maximum Gasteiger partial charge on any atom is 0.338 e. The van der Waals surface area contributed by atoms with Crippen molar-refractivity contribution in [1.82, 2.24) is 0 Å². The number of hydrogen-bond donors (Lipinski definition) is 0. The molecule has 41 heavy (non-hydrogen) atoms. The smallest absolute Gasteiger partial charge is 0.338 e. The second-order valence-corrected chi connectivity index (χ2v) is 9.74. The summed E-state index contributed by atoms with van der Waals surface area (Å²) < 4.78 is 24.0. The van der Waals surface area contributed by atoms with Crippen LogP contribution in [0.5, 0.6) is 0 Å². The first-order chi connectivity index (χ1) is 20.1. The molecule has 1 saturated carbocycles. The molecule has 4 atom stereocenters. The molecule has 0 amide bonds. The molecule has 4 aromatic carbocycles. The van der Waals surface area contributed by atoms with Crippen molar-refractivity contribution in [1.29, 1.82) is 0 Å². The molecule has 0 bridgehead atoms. The molecule has 4 aromatic rings. The van der Waals surface area contributed by atoms with Gasteiger partial charge in [-0.3, -0.25) is 0 Å². The predicted octanol–water partition coefficient (Wildman–Crippen LogP) is 6.04. The average Bonchev–Trinajstić information content (AvgIpc) is 3.03. The molecule has 1 aliphatic carbocycles. The van der Waals surface area contributed by atoms with Gasteiger partial charge in [0, 0.05) is 12.8 Å². The molecule has 1 fully saturated rings. The highest BCUT2D eigenvalue weighted by atomic mass is 16.6. The first kappa shape index (κ1) is 27.8. The van der Waals surface area contributed by atoms with E-state index in [0.717, 1.165) is 5.56 Å². The summed E-state index contributed by atoms with van der Waals surface area (Å²) >= 11 is 0. The molecule has 0 saturated heterocycles. The van der Waals surface area contributed by atoms with Crippen LogP contribution in [0.4, 0.5) is 0 Å². The molecule has 7 nitrogen and oxygen atoms in total. The van der Waals surface area contributed by atoms with E-state index in [1.165, 1.54) is 0 Å². The Kier molecular flexibility index (Phi) is 9.19. The number of rotatable bonds is 9. The Bertz CT molecular complexity index is 1430. The Morgan fingerprint density at radius 3 is 1.17 bits per heavy atom. The lowest BCUT2D eigenvalue weighted by Gasteiger charge is -2.39. The van der Waals surface area contributed by atoms with Crippen LogP contribution in [-0.2, 0) is 25.6 Å². The van der Waals surface area contributed by atoms with Gasteiger partial charge in [0.2, 0.25) is 0 Å². The molecule has 5 rings (SSSR count). The molecule has 0 aliphatic heterocycles. The normalized spacial score (nSPS) is 20.0. The van der Waals surface area contributed by atoms with Gasteiger partial charge in [0.1, 0.15) is 18.3 Å². The van der Waals surface area contributed by atoms with Crippen molar-refractivity contribution < 1.29 is 33.3 Å². The Morgan fingerprint density at radius 1 is 0.463 bits per heavy atom. The van der Waals surface area contributed by atoms with E-state index >= 15 is 0 Å². The topological polar surface area (TPSA) is 88.1 Å². The van der Waals surface area contributed by atoms with E-state index < -0.39 is 42.3 Å². The van der Waals surface area contributed by atoms with Gasteiger partial charge in [-0.15, -0.1) is 0 Å². The second kappa shape index (κ2) is 13.5. The maximum absolute atomic E-state index is 13.1.